The summed E-state index contributed by atoms with van der Waals surface area (Å²) in [5.41, 5.74) is 14.1. The highest BCUT2D eigenvalue weighted by Gasteiger charge is 2.06. The van der Waals surface area contributed by atoms with E-state index >= 15 is 0 Å². The summed E-state index contributed by atoms with van der Waals surface area (Å²) in [6.45, 7) is 1.69. The van der Waals surface area contributed by atoms with E-state index in [1.54, 1.807) is 12.3 Å². The van der Waals surface area contributed by atoms with Gasteiger partial charge in [-0.05, 0) is 12.5 Å². The first-order chi connectivity index (χ1) is 5.24. The molecular formula is C5H6N5S. The minimum absolute atomic E-state index is 0.479. The van der Waals surface area contributed by atoms with E-state index in [-0.39, 0.29) is 0 Å². The highest BCUT2D eigenvalue weighted by Crippen LogP contribution is 2.19. The first kappa shape index (κ1) is 7.84. The number of nitrogen functional groups attached to an aromatic ring is 1. The van der Waals surface area contributed by atoms with Crippen LogP contribution in [0.5, 0.6) is 0 Å². The molecular weight excluding hydrogens is 162 g/mol. The summed E-state index contributed by atoms with van der Waals surface area (Å²) in [5, 5.41) is 5.62. The monoisotopic (exact) mass is 168 g/mol. The summed E-state index contributed by atoms with van der Waals surface area (Å²) < 4.78 is 0. The number of hydrogen-bond donors (Lipinski definition) is 1. The lowest BCUT2D eigenvalue weighted by Gasteiger charge is -1.94. The molecule has 1 radical (unpaired) electrons. The van der Waals surface area contributed by atoms with Crippen LogP contribution in [0.2, 0.25) is 0 Å². The number of anilines is 1. The second-order valence-corrected chi connectivity index (χ2v) is 2.74. The van der Waals surface area contributed by atoms with E-state index in [0.717, 1.165) is 0 Å². The number of rotatable bonds is 2. The molecule has 11 heavy (non-hydrogen) atoms. The fourth-order valence-corrected chi connectivity index (χ4v) is 1.18. The normalized spacial score (nSPS) is 9.64. The van der Waals surface area contributed by atoms with Gasteiger partial charge in [0.1, 0.15) is 6.04 Å². The molecule has 2 N–H and O–H groups in total. The van der Waals surface area contributed by atoms with Gasteiger partial charge in [0.15, 0.2) is 5.13 Å². The molecule has 57 valence electrons. The average molecular weight is 168 g/mol. The molecule has 0 fully saturated rings. The zero-order valence-corrected chi connectivity index (χ0v) is 6.67. The van der Waals surface area contributed by atoms with Crippen LogP contribution in [0.3, 0.4) is 0 Å². The lowest BCUT2D eigenvalue weighted by molar-refractivity contribution is 1.03. The summed E-state index contributed by atoms with van der Waals surface area (Å²) in [4.78, 5) is 6.56. The zero-order valence-electron chi connectivity index (χ0n) is 5.85. The van der Waals surface area contributed by atoms with Crippen LogP contribution in [-0.4, -0.2) is 4.98 Å². The summed E-state index contributed by atoms with van der Waals surface area (Å²) in [5.74, 6) is 0. The molecule has 0 bridgehead atoms. The number of thiazole rings is 1. The quantitative estimate of drug-likeness (QED) is 0.415. The first-order valence-corrected chi connectivity index (χ1v) is 3.72. The van der Waals surface area contributed by atoms with Crippen molar-refractivity contribution in [2.24, 2.45) is 5.11 Å². The third-order valence-electron chi connectivity index (χ3n) is 1.09. The molecule has 1 heterocycles. The number of azide groups is 1. The average Bonchev–Trinajstić information content (AvgIpc) is 2.36. The van der Waals surface area contributed by atoms with Gasteiger partial charge in [-0.3, -0.25) is 0 Å². The van der Waals surface area contributed by atoms with Gasteiger partial charge in [-0.15, -0.1) is 11.3 Å². The Balaban J connectivity index is 2.84. The highest BCUT2D eigenvalue weighted by atomic mass is 32.1. The Kier molecular flexibility index (Phi) is 2.30. The predicted molar refractivity (Wildman–Crippen MR) is 43.7 cm³/mol. The van der Waals surface area contributed by atoms with E-state index in [1.165, 1.54) is 11.3 Å². The van der Waals surface area contributed by atoms with Crippen molar-refractivity contribution in [1.82, 2.24) is 4.98 Å². The Morgan fingerprint density at radius 3 is 3.09 bits per heavy atom. The maximum Gasteiger partial charge on any atom is 0.180 e. The van der Waals surface area contributed by atoms with Gasteiger partial charge in [-0.25, -0.2) is 4.98 Å². The fourth-order valence-electron chi connectivity index (χ4n) is 0.572. The van der Waals surface area contributed by atoms with Crippen LogP contribution in [-0.2, 0) is 0 Å². The maximum absolute atomic E-state index is 8.09. The van der Waals surface area contributed by atoms with E-state index in [4.69, 9.17) is 11.3 Å². The second-order valence-electron chi connectivity index (χ2n) is 1.85. The molecule has 0 amide bonds. The van der Waals surface area contributed by atoms with E-state index < -0.39 is 0 Å². The van der Waals surface area contributed by atoms with E-state index in [0.29, 0.717) is 16.9 Å². The Morgan fingerprint density at radius 1 is 1.91 bits per heavy atom. The predicted octanol–water partition coefficient (Wildman–Crippen LogP) is 1.94. The van der Waals surface area contributed by atoms with Gasteiger partial charge >= 0.3 is 0 Å². The molecule has 1 rings (SSSR count). The summed E-state index contributed by atoms with van der Waals surface area (Å²) in [6.07, 6.45) is 0. The van der Waals surface area contributed by atoms with Crippen molar-refractivity contribution in [2.75, 3.05) is 5.73 Å². The molecule has 0 spiro atoms. The fraction of sp³-hybridized carbons (Fsp3) is 0.200. The third-order valence-corrected chi connectivity index (χ3v) is 1.76. The largest absolute Gasteiger partial charge is 0.375 e. The van der Waals surface area contributed by atoms with Crippen LogP contribution >= 0.6 is 11.3 Å². The first-order valence-electron chi connectivity index (χ1n) is 2.84. The maximum atomic E-state index is 8.09. The molecule has 5 nitrogen and oxygen atoms in total. The Labute approximate surface area is 67.5 Å². The minimum Gasteiger partial charge on any atom is -0.375 e. The van der Waals surface area contributed by atoms with E-state index in [9.17, 15) is 0 Å². The molecule has 0 aliphatic carbocycles. The van der Waals surface area contributed by atoms with Crippen LogP contribution in [0.1, 0.15) is 12.6 Å². The van der Waals surface area contributed by atoms with Crippen molar-refractivity contribution in [3.63, 3.8) is 0 Å². The van der Waals surface area contributed by atoms with Gasteiger partial charge in [0.25, 0.3) is 0 Å². The van der Waals surface area contributed by atoms with Crippen LogP contribution in [0.25, 0.3) is 10.4 Å². The van der Waals surface area contributed by atoms with Gasteiger partial charge in [0.2, 0.25) is 0 Å². The lowest BCUT2D eigenvalue weighted by atomic mass is 10.3. The number of nitrogens with two attached hydrogens (primary N) is 1. The van der Waals surface area contributed by atoms with Gasteiger partial charge in [-0.2, -0.15) is 0 Å². The molecule has 0 unspecified atom stereocenters. The smallest absolute Gasteiger partial charge is 0.180 e. The van der Waals surface area contributed by atoms with Crippen molar-refractivity contribution in [3.8, 4) is 0 Å². The van der Waals surface area contributed by atoms with Gasteiger partial charge in [0, 0.05) is 10.3 Å². The van der Waals surface area contributed by atoms with Crippen molar-refractivity contribution < 1.29 is 0 Å². The van der Waals surface area contributed by atoms with Crippen molar-refractivity contribution in [2.45, 2.75) is 6.92 Å². The lowest BCUT2D eigenvalue weighted by Crippen LogP contribution is -1.90. The standard InChI is InChI=1S/C5H6N5S/c1-3(9-10-7)4-2-11-5(6)8-4/h2H,1H3,(H2,6,8). The van der Waals surface area contributed by atoms with Crippen molar-refractivity contribution >= 4 is 16.5 Å². The molecule has 6 heteroatoms. The Hall–Kier alpha value is -1.26. The number of nitrogens with zero attached hydrogens (tertiary/aromatic N) is 4. The van der Waals surface area contributed by atoms with Gasteiger partial charge in [-0.1, -0.05) is 5.11 Å². The molecule has 1 aromatic heterocycles. The van der Waals surface area contributed by atoms with E-state index in [1.807, 2.05) is 0 Å². The molecule has 0 aliphatic rings. The minimum atomic E-state index is 0.479. The van der Waals surface area contributed by atoms with E-state index in [2.05, 4.69) is 15.0 Å². The van der Waals surface area contributed by atoms with Gasteiger partial charge in [0.05, 0.1) is 5.69 Å². The Morgan fingerprint density at radius 2 is 2.64 bits per heavy atom. The Bertz CT molecular complexity index is 287. The SMILES string of the molecule is C[C](N=[N+]=[N-])c1csc(N)n1. The van der Waals surface area contributed by atoms with Crippen molar-refractivity contribution in [1.29, 1.82) is 0 Å². The van der Waals surface area contributed by atoms with Crippen LogP contribution < -0.4 is 5.73 Å². The molecule has 1 aromatic rings. The molecule has 0 atom stereocenters. The van der Waals surface area contributed by atoms with Crippen LogP contribution in [0, 0.1) is 6.04 Å². The zero-order chi connectivity index (χ0) is 8.27. The summed E-state index contributed by atoms with van der Waals surface area (Å²) in [7, 11) is 0. The number of aromatic nitrogens is 1. The topological polar surface area (TPSA) is 87.7 Å². The van der Waals surface area contributed by atoms with Crippen LogP contribution in [0.4, 0.5) is 5.13 Å². The third kappa shape index (κ3) is 1.83. The van der Waals surface area contributed by atoms with Crippen LogP contribution in [0.15, 0.2) is 10.5 Å². The highest BCUT2D eigenvalue weighted by molar-refractivity contribution is 7.13. The molecule has 0 aliphatic heterocycles. The molecule has 0 saturated carbocycles. The second kappa shape index (κ2) is 3.23. The summed E-state index contributed by atoms with van der Waals surface area (Å²) in [6, 6.07) is 0.542. The molecule has 0 saturated heterocycles. The van der Waals surface area contributed by atoms with Crippen molar-refractivity contribution in [3.05, 3.63) is 27.6 Å². The number of hydrogen-bond acceptors (Lipinski definition) is 4. The van der Waals surface area contributed by atoms with Gasteiger partial charge < -0.3 is 5.73 Å². The summed E-state index contributed by atoms with van der Waals surface area (Å²) >= 11 is 1.32. The molecule has 0 aromatic carbocycles.